The van der Waals surface area contributed by atoms with Gasteiger partial charge in [-0.05, 0) is 49.4 Å². The van der Waals surface area contributed by atoms with Crippen molar-refractivity contribution in [1.29, 1.82) is 0 Å². The first-order valence-corrected chi connectivity index (χ1v) is 11.1. The summed E-state index contributed by atoms with van der Waals surface area (Å²) in [5.74, 6) is -2.93. The molecule has 0 N–H and O–H groups in total. The fourth-order valence-electron chi connectivity index (χ4n) is 3.81. The van der Waals surface area contributed by atoms with E-state index < -0.39 is 34.0 Å². The van der Waals surface area contributed by atoms with Crippen LogP contribution in [-0.2, 0) is 37.3 Å². The molecule has 2 heterocycles. The summed E-state index contributed by atoms with van der Waals surface area (Å²) in [5.41, 5.74) is 1.09. The molecule has 0 aliphatic carbocycles. The number of sulfonamides is 1. The van der Waals surface area contributed by atoms with Gasteiger partial charge in [0.05, 0.1) is 17.4 Å². The number of rotatable bonds is 4. The molecule has 2 aliphatic rings. The molecule has 3 rings (SSSR count). The molecule has 1 saturated heterocycles. The lowest BCUT2D eigenvalue weighted by atomic mass is 10.00. The van der Waals surface area contributed by atoms with Gasteiger partial charge in [-0.2, -0.15) is 17.5 Å². The number of carbonyl (C=O) groups excluding carboxylic acids is 2. The fraction of sp³-hybridized carbons (Fsp3) is 0.579. The van der Waals surface area contributed by atoms with Crippen molar-refractivity contribution < 1.29 is 35.9 Å². The Kier molecular flexibility index (Phi) is 6.42. The monoisotopic (exact) mass is 448 g/mol. The van der Waals surface area contributed by atoms with Crippen molar-refractivity contribution in [2.75, 3.05) is 26.2 Å². The first-order valence-electron chi connectivity index (χ1n) is 9.68. The Labute approximate surface area is 172 Å². The third-order valence-electron chi connectivity index (χ3n) is 5.36. The van der Waals surface area contributed by atoms with Crippen LogP contribution in [0.5, 0.6) is 0 Å². The zero-order chi connectivity index (χ0) is 22.1. The Balaban J connectivity index is 1.81. The van der Waals surface area contributed by atoms with E-state index in [1.54, 1.807) is 13.0 Å². The van der Waals surface area contributed by atoms with Gasteiger partial charge in [-0.3, -0.25) is 9.59 Å². The van der Waals surface area contributed by atoms with E-state index in [0.717, 1.165) is 0 Å². The molecule has 0 aromatic heterocycles. The van der Waals surface area contributed by atoms with Gasteiger partial charge in [0.25, 0.3) is 0 Å². The summed E-state index contributed by atoms with van der Waals surface area (Å²) in [7, 11) is -3.94. The van der Waals surface area contributed by atoms with Crippen LogP contribution < -0.4 is 0 Å². The van der Waals surface area contributed by atoms with E-state index in [9.17, 15) is 31.2 Å². The second-order valence-corrected chi connectivity index (χ2v) is 9.30. The summed E-state index contributed by atoms with van der Waals surface area (Å²) < 4.78 is 70.6. The number of halogens is 3. The highest BCUT2D eigenvalue weighted by Crippen LogP contribution is 2.29. The molecule has 11 heteroatoms. The maximum atomic E-state index is 13.1. The lowest BCUT2D eigenvalue weighted by molar-refractivity contribution is -0.186. The molecular weight excluding hydrogens is 425 g/mol. The SMILES string of the molecule is CCOC(=O)C1CCCN(S(=O)(=O)c2ccc3c(c2)CN(C(=O)C(F)(F)F)CC3)C1. The first-order chi connectivity index (χ1) is 14.0. The van der Waals surface area contributed by atoms with Crippen molar-refractivity contribution in [2.24, 2.45) is 5.92 Å². The number of amides is 1. The Morgan fingerprint density at radius 3 is 2.60 bits per heavy atom. The van der Waals surface area contributed by atoms with Gasteiger partial charge in [0, 0.05) is 26.2 Å². The second-order valence-electron chi connectivity index (χ2n) is 7.36. The normalized spacial score (nSPS) is 20.5. The van der Waals surface area contributed by atoms with Crippen LogP contribution in [0.4, 0.5) is 13.2 Å². The van der Waals surface area contributed by atoms with Gasteiger partial charge < -0.3 is 9.64 Å². The van der Waals surface area contributed by atoms with E-state index in [1.165, 1.54) is 16.4 Å². The number of fused-ring (bicyclic) bond motifs is 1. The lowest BCUT2D eigenvalue weighted by Crippen LogP contribution is -2.44. The van der Waals surface area contributed by atoms with Crippen LogP contribution in [-0.4, -0.2) is 61.9 Å². The van der Waals surface area contributed by atoms with E-state index >= 15 is 0 Å². The molecule has 0 saturated carbocycles. The molecule has 166 valence electrons. The lowest BCUT2D eigenvalue weighted by Gasteiger charge is -2.32. The minimum Gasteiger partial charge on any atom is -0.466 e. The average Bonchev–Trinajstić information content (AvgIpc) is 2.72. The van der Waals surface area contributed by atoms with Gasteiger partial charge in [-0.15, -0.1) is 0 Å². The summed E-state index contributed by atoms with van der Waals surface area (Å²) in [6, 6.07) is 4.32. The van der Waals surface area contributed by atoms with E-state index in [-0.39, 0.29) is 44.1 Å². The summed E-state index contributed by atoms with van der Waals surface area (Å²) in [4.78, 5) is 24.2. The average molecular weight is 448 g/mol. The van der Waals surface area contributed by atoms with Gasteiger partial charge in [0.1, 0.15) is 0 Å². The van der Waals surface area contributed by atoms with Crippen LogP contribution in [0.15, 0.2) is 23.1 Å². The fourth-order valence-corrected chi connectivity index (χ4v) is 5.38. The number of nitrogens with zero attached hydrogens (tertiary/aromatic N) is 2. The highest BCUT2D eigenvalue weighted by molar-refractivity contribution is 7.89. The van der Waals surface area contributed by atoms with E-state index in [2.05, 4.69) is 0 Å². The van der Waals surface area contributed by atoms with Crippen molar-refractivity contribution in [3.63, 3.8) is 0 Å². The van der Waals surface area contributed by atoms with Gasteiger partial charge in [-0.25, -0.2) is 8.42 Å². The minimum absolute atomic E-state index is 0.00304. The third-order valence-corrected chi connectivity index (χ3v) is 7.22. The zero-order valence-electron chi connectivity index (χ0n) is 16.4. The predicted octanol–water partition coefficient (Wildman–Crippen LogP) is 2.10. The summed E-state index contributed by atoms with van der Waals surface area (Å²) in [5, 5.41) is 0. The molecule has 1 aromatic carbocycles. The van der Waals surface area contributed by atoms with Crippen LogP contribution in [0.1, 0.15) is 30.9 Å². The first kappa shape index (κ1) is 22.5. The molecule has 0 radical (unpaired) electrons. The van der Waals surface area contributed by atoms with Crippen LogP contribution in [0.2, 0.25) is 0 Å². The molecule has 7 nitrogen and oxygen atoms in total. The molecule has 0 spiro atoms. The Morgan fingerprint density at radius 2 is 1.93 bits per heavy atom. The van der Waals surface area contributed by atoms with Crippen molar-refractivity contribution in [1.82, 2.24) is 9.21 Å². The zero-order valence-corrected chi connectivity index (χ0v) is 17.3. The van der Waals surface area contributed by atoms with Crippen LogP contribution in [0.3, 0.4) is 0 Å². The smallest absolute Gasteiger partial charge is 0.466 e. The Hall–Kier alpha value is -2.14. The number of alkyl halides is 3. The largest absolute Gasteiger partial charge is 0.471 e. The van der Waals surface area contributed by atoms with Crippen LogP contribution in [0, 0.1) is 5.92 Å². The number of piperidine rings is 1. The maximum absolute atomic E-state index is 13.1. The number of esters is 1. The molecule has 1 atom stereocenters. The molecule has 1 aromatic rings. The van der Waals surface area contributed by atoms with Crippen molar-refractivity contribution in [2.45, 2.75) is 43.8 Å². The van der Waals surface area contributed by atoms with E-state index in [0.29, 0.717) is 28.9 Å². The van der Waals surface area contributed by atoms with Crippen LogP contribution in [0.25, 0.3) is 0 Å². The number of ether oxygens (including phenoxy) is 1. The van der Waals surface area contributed by atoms with Crippen molar-refractivity contribution in [3.05, 3.63) is 29.3 Å². The van der Waals surface area contributed by atoms with Crippen LogP contribution >= 0.6 is 0 Å². The number of carbonyl (C=O) groups is 2. The highest BCUT2D eigenvalue weighted by Gasteiger charge is 2.43. The van der Waals surface area contributed by atoms with Gasteiger partial charge in [0.15, 0.2) is 0 Å². The van der Waals surface area contributed by atoms with E-state index in [1.807, 2.05) is 0 Å². The summed E-state index contributed by atoms with van der Waals surface area (Å²) in [6.45, 7) is 1.74. The highest BCUT2D eigenvalue weighted by atomic mass is 32.2. The molecule has 0 bridgehead atoms. The molecule has 1 fully saturated rings. The van der Waals surface area contributed by atoms with Crippen molar-refractivity contribution in [3.8, 4) is 0 Å². The molecule has 1 unspecified atom stereocenters. The van der Waals surface area contributed by atoms with Gasteiger partial charge in [-0.1, -0.05) is 6.07 Å². The molecule has 30 heavy (non-hydrogen) atoms. The molecule has 1 amide bonds. The second kappa shape index (κ2) is 8.54. The maximum Gasteiger partial charge on any atom is 0.471 e. The predicted molar refractivity (Wildman–Crippen MR) is 99.7 cm³/mol. The summed E-state index contributed by atoms with van der Waals surface area (Å²) in [6.07, 6.45) is -3.73. The number of hydrogen-bond acceptors (Lipinski definition) is 5. The van der Waals surface area contributed by atoms with E-state index in [4.69, 9.17) is 4.74 Å². The number of benzene rings is 1. The quantitative estimate of drug-likeness (QED) is 0.659. The Bertz CT molecular complexity index is 933. The van der Waals surface area contributed by atoms with Gasteiger partial charge >= 0.3 is 18.1 Å². The molecular formula is C19H23F3N2O5S. The Morgan fingerprint density at radius 1 is 1.20 bits per heavy atom. The third kappa shape index (κ3) is 4.61. The topological polar surface area (TPSA) is 84.0 Å². The summed E-state index contributed by atoms with van der Waals surface area (Å²) >= 11 is 0. The van der Waals surface area contributed by atoms with Crippen molar-refractivity contribution >= 4 is 21.9 Å². The molecule has 2 aliphatic heterocycles. The van der Waals surface area contributed by atoms with Gasteiger partial charge in [0.2, 0.25) is 10.0 Å². The standard InChI is InChI=1S/C19H23F3N2O5S/c1-2-29-17(25)14-4-3-8-24(12-14)30(27,28)16-6-5-13-7-9-23(11-15(13)10-16)18(26)19(20,21)22/h5-6,10,14H,2-4,7-9,11-12H2,1H3. The minimum atomic E-state index is -4.98. The number of hydrogen-bond donors (Lipinski definition) is 0.